The molecule has 2 rings (SSSR count). The first-order chi connectivity index (χ1) is 8.40. The zero-order valence-corrected chi connectivity index (χ0v) is 10.7. The number of aromatic nitrogens is 3. The monoisotopic (exact) mass is 248 g/mol. The van der Waals surface area contributed by atoms with E-state index in [0.717, 1.165) is 25.1 Å². The molecule has 2 heterocycles. The van der Waals surface area contributed by atoms with Gasteiger partial charge in [-0.25, -0.2) is 0 Å². The number of hydrogen-bond acceptors (Lipinski definition) is 5. The highest BCUT2D eigenvalue weighted by Crippen LogP contribution is 2.18. The third kappa shape index (κ3) is 3.57. The number of rotatable bonds is 6. The van der Waals surface area contributed by atoms with Crippen molar-refractivity contribution in [3.05, 3.63) is 40.9 Å². The van der Waals surface area contributed by atoms with E-state index in [1.807, 2.05) is 17.9 Å². The van der Waals surface area contributed by atoms with Crippen LogP contribution in [0.3, 0.4) is 0 Å². The minimum atomic E-state index is 0.226. The van der Waals surface area contributed by atoms with Crippen molar-refractivity contribution >= 4 is 11.3 Å². The lowest BCUT2D eigenvalue weighted by atomic mass is 10.1. The summed E-state index contributed by atoms with van der Waals surface area (Å²) < 4.78 is 0. The van der Waals surface area contributed by atoms with Crippen molar-refractivity contribution in [2.45, 2.75) is 25.8 Å². The summed E-state index contributed by atoms with van der Waals surface area (Å²) >= 11 is 1.68. The molecule has 0 saturated carbocycles. The Kier molecular flexibility index (Phi) is 4.58. The third-order valence-electron chi connectivity index (χ3n) is 2.47. The molecular formula is C12H16N4S. The van der Waals surface area contributed by atoms with Gasteiger partial charge in [-0.1, -0.05) is 6.92 Å². The van der Waals surface area contributed by atoms with Crippen LogP contribution < -0.4 is 5.32 Å². The molecule has 2 aromatic rings. The van der Waals surface area contributed by atoms with Crippen molar-refractivity contribution in [3.63, 3.8) is 0 Å². The van der Waals surface area contributed by atoms with Crippen molar-refractivity contribution in [1.29, 1.82) is 0 Å². The second-order valence-electron chi connectivity index (χ2n) is 3.81. The van der Waals surface area contributed by atoms with Gasteiger partial charge in [-0.2, -0.15) is 0 Å². The molecule has 0 spiro atoms. The first-order valence-corrected chi connectivity index (χ1v) is 6.64. The molecule has 4 nitrogen and oxygen atoms in total. The number of nitrogens with one attached hydrogen (secondary N) is 1. The number of hydrogen-bond donors (Lipinski definition) is 1. The molecule has 0 aliphatic heterocycles. The predicted octanol–water partition coefficient (Wildman–Crippen LogP) is 2.22. The lowest BCUT2D eigenvalue weighted by molar-refractivity contribution is 0.518. The van der Waals surface area contributed by atoms with Gasteiger partial charge < -0.3 is 5.32 Å². The lowest BCUT2D eigenvalue weighted by Crippen LogP contribution is -2.24. The molecule has 0 bridgehead atoms. The van der Waals surface area contributed by atoms with Gasteiger partial charge in [-0.05, 0) is 13.0 Å². The Labute approximate surface area is 105 Å². The summed E-state index contributed by atoms with van der Waals surface area (Å²) in [6.07, 6.45) is 9.22. The van der Waals surface area contributed by atoms with E-state index < -0.39 is 0 Å². The maximum Gasteiger partial charge on any atom is 0.0794 e. The molecule has 90 valence electrons. The van der Waals surface area contributed by atoms with Crippen LogP contribution in [0.2, 0.25) is 0 Å². The Hall–Kier alpha value is -1.33. The third-order valence-corrected chi connectivity index (χ3v) is 3.27. The lowest BCUT2D eigenvalue weighted by Gasteiger charge is -2.16. The Morgan fingerprint density at radius 3 is 2.88 bits per heavy atom. The van der Waals surface area contributed by atoms with Gasteiger partial charge in [-0.15, -0.1) is 11.3 Å². The van der Waals surface area contributed by atoms with E-state index in [0.29, 0.717) is 0 Å². The largest absolute Gasteiger partial charge is 0.308 e. The molecule has 1 atom stereocenters. The van der Waals surface area contributed by atoms with Crippen LogP contribution in [-0.4, -0.2) is 21.5 Å². The SMILES string of the molecule is CCCNC(Cc1cncs1)c1cnccn1. The van der Waals surface area contributed by atoms with Crippen LogP contribution in [0.5, 0.6) is 0 Å². The van der Waals surface area contributed by atoms with Crippen LogP contribution in [0.25, 0.3) is 0 Å². The summed E-state index contributed by atoms with van der Waals surface area (Å²) in [5, 5.41) is 3.50. The summed E-state index contributed by atoms with van der Waals surface area (Å²) in [6.45, 7) is 3.15. The maximum absolute atomic E-state index is 4.37. The van der Waals surface area contributed by atoms with Crippen LogP contribution in [-0.2, 0) is 6.42 Å². The Morgan fingerprint density at radius 2 is 2.24 bits per heavy atom. The van der Waals surface area contributed by atoms with E-state index >= 15 is 0 Å². The molecular weight excluding hydrogens is 232 g/mol. The number of thiazole rings is 1. The second-order valence-corrected chi connectivity index (χ2v) is 4.78. The zero-order chi connectivity index (χ0) is 11.9. The highest BCUT2D eigenvalue weighted by Gasteiger charge is 2.13. The van der Waals surface area contributed by atoms with Gasteiger partial charge in [0.1, 0.15) is 0 Å². The number of nitrogens with zero attached hydrogens (tertiary/aromatic N) is 3. The summed E-state index contributed by atoms with van der Waals surface area (Å²) in [7, 11) is 0. The fraction of sp³-hybridized carbons (Fsp3) is 0.417. The molecule has 0 saturated heterocycles. The molecule has 0 aliphatic rings. The van der Waals surface area contributed by atoms with Crippen LogP contribution >= 0.6 is 11.3 Å². The van der Waals surface area contributed by atoms with Gasteiger partial charge >= 0.3 is 0 Å². The summed E-state index contributed by atoms with van der Waals surface area (Å²) in [6, 6.07) is 0.226. The average molecular weight is 248 g/mol. The molecule has 5 heteroatoms. The van der Waals surface area contributed by atoms with E-state index in [1.165, 1.54) is 4.88 Å². The van der Waals surface area contributed by atoms with Gasteiger partial charge in [0.25, 0.3) is 0 Å². The second kappa shape index (κ2) is 6.42. The quantitative estimate of drug-likeness (QED) is 0.851. The summed E-state index contributed by atoms with van der Waals surface area (Å²) in [5.41, 5.74) is 2.86. The molecule has 0 radical (unpaired) electrons. The smallest absolute Gasteiger partial charge is 0.0794 e. The fourth-order valence-electron chi connectivity index (χ4n) is 1.63. The maximum atomic E-state index is 4.37. The first-order valence-electron chi connectivity index (χ1n) is 5.76. The van der Waals surface area contributed by atoms with E-state index in [4.69, 9.17) is 0 Å². The molecule has 1 unspecified atom stereocenters. The molecule has 0 aromatic carbocycles. The van der Waals surface area contributed by atoms with E-state index in [2.05, 4.69) is 27.2 Å². The zero-order valence-electron chi connectivity index (χ0n) is 9.84. The topological polar surface area (TPSA) is 50.7 Å². The molecule has 0 aliphatic carbocycles. The fourth-order valence-corrected chi connectivity index (χ4v) is 2.28. The van der Waals surface area contributed by atoms with Gasteiger partial charge in [0.15, 0.2) is 0 Å². The summed E-state index contributed by atoms with van der Waals surface area (Å²) in [4.78, 5) is 13.9. The van der Waals surface area contributed by atoms with Gasteiger partial charge in [0, 0.05) is 36.1 Å². The predicted molar refractivity (Wildman–Crippen MR) is 68.9 cm³/mol. The van der Waals surface area contributed by atoms with Crippen molar-refractivity contribution in [2.75, 3.05) is 6.54 Å². The van der Waals surface area contributed by atoms with Gasteiger partial charge in [-0.3, -0.25) is 15.0 Å². The van der Waals surface area contributed by atoms with E-state index in [-0.39, 0.29) is 6.04 Å². The summed E-state index contributed by atoms with van der Waals surface area (Å²) in [5.74, 6) is 0. The average Bonchev–Trinajstić information content (AvgIpc) is 2.88. The minimum Gasteiger partial charge on any atom is -0.308 e. The highest BCUT2D eigenvalue weighted by atomic mass is 32.1. The van der Waals surface area contributed by atoms with Crippen molar-refractivity contribution < 1.29 is 0 Å². The van der Waals surface area contributed by atoms with Crippen LogP contribution in [0, 0.1) is 0 Å². The van der Waals surface area contributed by atoms with Crippen molar-refractivity contribution in [3.8, 4) is 0 Å². The normalized spacial score (nSPS) is 12.5. The van der Waals surface area contributed by atoms with E-state index in [9.17, 15) is 0 Å². The van der Waals surface area contributed by atoms with Gasteiger partial charge in [0.2, 0.25) is 0 Å². The van der Waals surface area contributed by atoms with Gasteiger partial charge in [0.05, 0.1) is 17.2 Å². The van der Waals surface area contributed by atoms with E-state index in [1.54, 1.807) is 23.7 Å². The van der Waals surface area contributed by atoms with Crippen molar-refractivity contribution in [1.82, 2.24) is 20.3 Å². The van der Waals surface area contributed by atoms with Crippen LogP contribution in [0.4, 0.5) is 0 Å². The molecule has 0 fully saturated rings. The minimum absolute atomic E-state index is 0.226. The molecule has 0 amide bonds. The molecule has 1 N–H and O–H groups in total. The Morgan fingerprint density at radius 1 is 1.29 bits per heavy atom. The Bertz CT molecular complexity index is 415. The highest BCUT2D eigenvalue weighted by molar-refractivity contribution is 7.09. The molecule has 2 aromatic heterocycles. The Balaban J connectivity index is 2.08. The first kappa shape index (κ1) is 12.1. The standard InChI is InChI=1S/C12H16N4S/c1-2-3-15-11(6-10-7-14-9-17-10)12-8-13-4-5-16-12/h4-5,7-9,11,15H,2-3,6H2,1H3. The van der Waals surface area contributed by atoms with Crippen LogP contribution in [0.1, 0.15) is 30.0 Å². The van der Waals surface area contributed by atoms with Crippen molar-refractivity contribution in [2.24, 2.45) is 0 Å². The van der Waals surface area contributed by atoms with Crippen LogP contribution in [0.15, 0.2) is 30.3 Å². The molecule has 17 heavy (non-hydrogen) atoms.